The number of nitrogens with zero attached hydrogens (tertiary/aromatic N) is 2. The summed E-state index contributed by atoms with van der Waals surface area (Å²) in [5, 5.41) is -0.770. The monoisotopic (exact) mass is 409 g/mol. The fraction of sp³-hybridized carbons (Fsp3) is 0.273. The minimum Gasteiger partial charge on any atom is -0.384 e. The fourth-order valence-electron chi connectivity index (χ4n) is 1.73. The average Bonchev–Trinajstić information content (AvgIpc) is 2.34. The quantitative estimate of drug-likeness (QED) is 0.697. The van der Waals surface area contributed by atoms with E-state index in [1.807, 2.05) is 0 Å². The smallest absolute Gasteiger partial charge is 0.384 e. The maximum absolute atomic E-state index is 13.3. The van der Waals surface area contributed by atoms with Gasteiger partial charge < -0.3 is 5.73 Å². The van der Waals surface area contributed by atoms with Gasteiger partial charge in [0.05, 0.1) is 5.56 Å². The number of hydrogen-bond donors (Lipinski definition) is 1. The lowest BCUT2D eigenvalue weighted by Crippen LogP contribution is -2.35. The van der Waals surface area contributed by atoms with Crippen LogP contribution in [0.25, 0.3) is 11.0 Å². The van der Waals surface area contributed by atoms with E-state index in [1.54, 1.807) is 0 Å². The normalized spacial score (nSPS) is 13.6. The summed E-state index contributed by atoms with van der Waals surface area (Å²) >= 11 is 2.74. The van der Waals surface area contributed by atoms with Gasteiger partial charge in [-0.3, -0.25) is 0 Å². The Hall–Kier alpha value is -1.72. The van der Waals surface area contributed by atoms with Crippen LogP contribution in [0.5, 0.6) is 0 Å². The van der Waals surface area contributed by atoms with Crippen molar-refractivity contribution in [2.45, 2.75) is 18.3 Å². The molecule has 2 heterocycles. The van der Waals surface area contributed by atoms with Crippen molar-refractivity contribution in [3.05, 3.63) is 27.9 Å². The molecular formula is C11H4BrF8N3. The zero-order valence-electron chi connectivity index (χ0n) is 10.5. The van der Waals surface area contributed by atoms with Crippen LogP contribution in [0.1, 0.15) is 11.3 Å². The highest BCUT2D eigenvalue weighted by atomic mass is 79.9. The molecule has 0 saturated carbocycles. The van der Waals surface area contributed by atoms with Gasteiger partial charge in [-0.2, -0.15) is 35.1 Å². The van der Waals surface area contributed by atoms with Crippen molar-refractivity contribution in [2.75, 3.05) is 5.73 Å². The van der Waals surface area contributed by atoms with Gasteiger partial charge in [0.15, 0.2) is 5.65 Å². The van der Waals surface area contributed by atoms with Crippen LogP contribution in [0.2, 0.25) is 0 Å². The molecule has 0 aliphatic carbocycles. The SMILES string of the molecule is Nc1cc(Br)c2c(C(F)(F)F)cc(C(F)(F)C(F)(F)F)nc2n1. The molecule has 0 aliphatic rings. The van der Waals surface area contributed by atoms with Gasteiger partial charge in [-0.1, -0.05) is 0 Å². The number of pyridine rings is 2. The minimum absolute atomic E-state index is 0.290. The van der Waals surface area contributed by atoms with Gasteiger partial charge in [0.1, 0.15) is 11.5 Å². The lowest BCUT2D eigenvalue weighted by molar-refractivity contribution is -0.291. The van der Waals surface area contributed by atoms with Gasteiger partial charge in [0.25, 0.3) is 0 Å². The maximum atomic E-state index is 13.3. The third kappa shape index (κ3) is 3.03. The van der Waals surface area contributed by atoms with Gasteiger partial charge in [0, 0.05) is 9.86 Å². The van der Waals surface area contributed by atoms with E-state index in [-0.39, 0.29) is 10.5 Å². The molecule has 0 aromatic carbocycles. The molecule has 0 bridgehead atoms. The highest BCUT2D eigenvalue weighted by Crippen LogP contribution is 2.46. The Morgan fingerprint density at radius 3 is 1.96 bits per heavy atom. The van der Waals surface area contributed by atoms with Crippen LogP contribution in [-0.4, -0.2) is 16.1 Å². The number of alkyl halides is 8. The molecule has 0 amide bonds. The molecular weight excluding hydrogens is 406 g/mol. The summed E-state index contributed by atoms with van der Waals surface area (Å²) in [7, 11) is 0. The number of nitrogen functional groups attached to an aromatic ring is 1. The molecule has 2 aromatic rings. The Bertz CT molecular complexity index is 768. The predicted molar refractivity (Wildman–Crippen MR) is 66.6 cm³/mol. The van der Waals surface area contributed by atoms with Crippen LogP contribution in [0, 0.1) is 0 Å². The van der Waals surface area contributed by atoms with Crippen molar-refractivity contribution in [1.82, 2.24) is 9.97 Å². The van der Waals surface area contributed by atoms with Gasteiger partial charge in [-0.25, -0.2) is 9.97 Å². The van der Waals surface area contributed by atoms with Crippen molar-refractivity contribution < 1.29 is 35.1 Å². The van der Waals surface area contributed by atoms with Gasteiger partial charge in [-0.15, -0.1) is 0 Å². The molecule has 12 heteroatoms. The number of rotatable bonds is 1. The molecule has 0 saturated heterocycles. The van der Waals surface area contributed by atoms with E-state index < -0.39 is 46.4 Å². The van der Waals surface area contributed by atoms with E-state index in [0.717, 1.165) is 6.07 Å². The molecule has 0 radical (unpaired) electrons. The Balaban J connectivity index is 2.92. The fourth-order valence-corrected chi connectivity index (χ4v) is 2.36. The second kappa shape index (κ2) is 5.14. The van der Waals surface area contributed by atoms with Crippen LogP contribution in [0.3, 0.4) is 0 Å². The van der Waals surface area contributed by atoms with Gasteiger partial charge in [-0.05, 0) is 28.1 Å². The summed E-state index contributed by atoms with van der Waals surface area (Å²) in [6.45, 7) is 0. The Morgan fingerprint density at radius 2 is 1.48 bits per heavy atom. The van der Waals surface area contributed by atoms with E-state index in [1.165, 1.54) is 0 Å². The number of hydrogen-bond acceptors (Lipinski definition) is 3. The molecule has 126 valence electrons. The zero-order chi connectivity index (χ0) is 17.8. The van der Waals surface area contributed by atoms with E-state index in [9.17, 15) is 35.1 Å². The summed E-state index contributed by atoms with van der Waals surface area (Å²) in [6.07, 6.45) is -11.3. The Labute approximate surface area is 130 Å². The standard InChI is InChI=1S/C11H4BrF8N3/c12-4-2-6(21)23-8-7(4)3(10(15,16)17)1-5(22-8)9(13,14)11(18,19)20/h1-2H,(H2,21,22,23). The van der Waals surface area contributed by atoms with Crippen molar-refractivity contribution in [3.63, 3.8) is 0 Å². The number of aromatic nitrogens is 2. The molecule has 2 rings (SSSR count). The zero-order valence-corrected chi connectivity index (χ0v) is 12.1. The minimum atomic E-state index is -6.12. The third-order valence-electron chi connectivity index (χ3n) is 2.73. The van der Waals surface area contributed by atoms with Crippen molar-refractivity contribution in [3.8, 4) is 0 Å². The molecule has 2 N–H and O–H groups in total. The molecule has 0 fully saturated rings. The van der Waals surface area contributed by atoms with Crippen molar-refractivity contribution >= 4 is 32.8 Å². The first-order valence-electron chi connectivity index (χ1n) is 5.54. The number of halogens is 9. The highest BCUT2D eigenvalue weighted by molar-refractivity contribution is 9.10. The highest BCUT2D eigenvalue weighted by Gasteiger charge is 2.60. The van der Waals surface area contributed by atoms with E-state index in [0.29, 0.717) is 0 Å². The molecule has 2 aromatic heterocycles. The molecule has 23 heavy (non-hydrogen) atoms. The second-order valence-electron chi connectivity index (χ2n) is 4.35. The van der Waals surface area contributed by atoms with Crippen LogP contribution in [0.4, 0.5) is 40.9 Å². The average molecular weight is 410 g/mol. The van der Waals surface area contributed by atoms with Crippen LogP contribution < -0.4 is 5.73 Å². The lowest BCUT2D eigenvalue weighted by Gasteiger charge is -2.21. The first-order valence-corrected chi connectivity index (χ1v) is 6.33. The third-order valence-corrected chi connectivity index (χ3v) is 3.36. The van der Waals surface area contributed by atoms with E-state index in [4.69, 9.17) is 5.73 Å². The van der Waals surface area contributed by atoms with Crippen LogP contribution >= 0.6 is 15.9 Å². The first kappa shape index (κ1) is 17.6. The Kier molecular flexibility index (Phi) is 3.94. The molecule has 0 unspecified atom stereocenters. The van der Waals surface area contributed by atoms with Gasteiger partial charge >= 0.3 is 18.3 Å². The number of anilines is 1. The second-order valence-corrected chi connectivity index (χ2v) is 5.21. The summed E-state index contributed by atoms with van der Waals surface area (Å²) in [5.74, 6) is -5.99. The predicted octanol–water partition coefficient (Wildman–Crippen LogP) is 4.65. The topological polar surface area (TPSA) is 51.8 Å². The maximum Gasteiger partial charge on any atom is 0.459 e. The molecule has 0 aliphatic heterocycles. The van der Waals surface area contributed by atoms with E-state index in [2.05, 4.69) is 25.9 Å². The molecule has 0 atom stereocenters. The largest absolute Gasteiger partial charge is 0.459 e. The number of nitrogens with two attached hydrogens (primary N) is 1. The van der Waals surface area contributed by atoms with Crippen LogP contribution in [0.15, 0.2) is 16.6 Å². The Morgan fingerprint density at radius 1 is 0.913 bits per heavy atom. The van der Waals surface area contributed by atoms with E-state index >= 15 is 0 Å². The summed E-state index contributed by atoms with van der Waals surface area (Å²) < 4.78 is 103. The summed E-state index contributed by atoms with van der Waals surface area (Å²) in [4.78, 5) is 6.22. The molecule has 0 spiro atoms. The summed E-state index contributed by atoms with van der Waals surface area (Å²) in [5.41, 5.74) is 0.425. The summed E-state index contributed by atoms with van der Waals surface area (Å²) in [6, 6.07) is 0.597. The number of fused-ring (bicyclic) bond motifs is 1. The van der Waals surface area contributed by atoms with Crippen LogP contribution in [-0.2, 0) is 12.1 Å². The first-order chi connectivity index (χ1) is 10.2. The van der Waals surface area contributed by atoms with Gasteiger partial charge in [0.2, 0.25) is 0 Å². The lowest BCUT2D eigenvalue weighted by atomic mass is 10.1. The molecule has 3 nitrogen and oxygen atoms in total. The van der Waals surface area contributed by atoms with Crippen molar-refractivity contribution in [1.29, 1.82) is 0 Å². The van der Waals surface area contributed by atoms with Crippen molar-refractivity contribution in [2.24, 2.45) is 0 Å².